The summed E-state index contributed by atoms with van der Waals surface area (Å²) in [7, 11) is 0. The molecule has 1 heterocycles. The lowest BCUT2D eigenvalue weighted by Gasteiger charge is -2.39. The first kappa shape index (κ1) is 17.2. The molecule has 1 aliphatic rings. The van der Waals surface area contributed by atoms with Crippen molar-refractivity contribution in [3.63, 3.8) is 0 Å². The highest BCUT2D eigenvalue weighted by atomic mass is 16.4. The summed E-state index contributed by atoms with van der Waals surface area (Å²) in [5, 5.41) is 17.7. The molecule has 118 valence electrons. The summed E-state index contributed by atoms with van der Waals surface area (Å²) in [4.78, 5) is 28.7. The standard InChI is InChI=1S/C14H24N4O3/c1-11(2)18(6-4-5-15)14(21)17-9-7-16(8-10-17)12(3)13(19)20/h11-12H,4,6-10H2,1-3H3,(H,19,20). The van der Waals surface area contributed by atoms with Crippen molar-refractivity contribution in [1.82, 2.24) is 14.7 Å². The molecular formula is C14H24N4O3. The Hall–Kier alpha value is -1.81. The van der Waals surface area contributed by atoms with Gasteiger partial charge < -0.3 is 14.9 Å². The van der Waals surface area contributed by atoms with Gasteiger partial charge in [0.05, 0.1) is 12.5 Å². The van der Waals surface area contributed by atoms with Crippen molar-refractivity contribution in [2.75, 3.05) is 32.7 Å². The Morgan fingerprint density at radius 1 is 1.24 bits per heavy atom. The normalized spacial score (nSPS) is 17.4. The van der Waals surface area contributed by atoms with Crippen LogP contribution in [0.5, 0.6) is 0 Å². The van der Waals surface area contributed by atoms with Crippen molar-refractivity contribution >= 4 is 12.0 Å². The largest absolute Gasteiger partial charge is 0.480 e. The molecule has 0 radical (unpaired) electrons. The van der Waals surface area contributed by atoms with Crippen molar-refractivity contribution in [3.05, 3.63) is 0 Å². The zero-order chi connectivity index (χ0) is 16.0. The maximum absolute atomic E-state index is 12.5. The van der Waals surface area contributed by atoms with Crippen LogP contribution >= 0.6 is 0 Å². The van der Waals surface area contributed by atoms with Crippen molar-refractivity contribution in [2.45, 2.75) is 39.3 Å². The van der Waals surface area contributed by atoms with E-state index in [1.165, 1.54) is 0 Å². The van der Waals surface area contributed by atoms with Crippen LogP contribution in [0.3, 0.4) is 0 Å². The summed E-state index contributed by atoms with van der Waals surface area (Å²) in [6.07, 6.45) is 0.319. The molecule has 1 saturated heterocycles. The summed E-state index contributed by atoms with van der Waals surface area (Å²) in [6, 6.07) is 1.51. The van der Waals surface area contributed by atoms with E-state index in [1.807, 2.05) is 18.7 Å². The third kappa shape index (κ3) is 4.60. The van der Waals surface area contributed by atoms with Gasteiger partial charge in [0.2, 0.25) is 0 Å². The van der Waals surface area contributed by atoms with Crippen molar-refractivity contribution in [2.24, 2.45) is 0 Å². The number of urea groups is 1. The van der Waals surface area contributed by atoms with E-state index >= 15 is 0 Å². The minimum Gasteiger partial charge on any atom is -0.480 e. The monoisotopic (exact) mass is 296 g/mol. The number of piperazine rings is 1. The molecule has 0 saturated carbocycles. The molecule has 1 rings (SSSR count). The van der Waals surface area contributed by atoms with E-state index in [4.69, 9.17) is 10.4 Å². The number of carbonyl (C=O) groups excluding carboxylic acids is 1. The van der Waals surface area contributed by atoms with Gasteiger partial charge in [0.15, 0.2) is 0 Å². The van der Waals surface area contributed by atoms with Crippen LogP contribution in [0, 0.1) is 11.3 Å². The average molecular weight is 296 g/mol. The van der Waals surface area contributed by atoms with Gasteiger partial charge in [0.1, 0.15) is 6.04 Å². The molecule has 1 aliphatic heterocycles. The van der Waals surface area contributed by atoms with Gasteiger partial charge in [-0.1, -0.05) is 0 Å². The Balaban J connectivity index is 2.57. The number of amides is 2. The van der Waals surface area contributed by atoms with Gasteiger partial charge in [0.25, 0.3) is 0 Å². The number of hydrogen-bond donors (Lipinski definition) is 1. The molecule has 0 aromatic carbocycles. The van der Waals surface area contributed by atoms with Gasteiger partial charge in [-0.25, -0.2) is 4.79 Å². The molecule has 1 unspecified atom stereocenters. The second-order valence-electron chi connectivity index (χ2n) is 5.52. The van der Waals surface area contributed by atoms with E-state index in [-0.39, 0.29) is 12.1 Å². The Labute approximate surface area is 125 Å². The van der Waals surface area contributed by atoms with Gasteiger partial charge in [0, 0.05) is 38.8 Å². The zero-order valence-electron chi connectivity index (χ0n) is 12.9. The first-order valence-electron chi connectivity index (χ1n) is 7.27. The molecule has 1 fully saturated rings. The second-order valence-corrected chi connectivity index (χ2v) is 5.52. The average Bonchev–Trinajstić information content (AvgIpc) is 2.46. The number of carboxylic acids is 1. The van der Waals surface area contributed by atoms with Crippen molar-refractivity contribution < 1.29 is 14.7 Å². The van der Waals surface area contributed by atoms with Gasteiger partial charge in [-0.15, -0.1) is 0 Å². The third-order valence-electron chi connectivity index (χ3n) is 3.82. The molecule has 1 N–H and O–H groups in total. The zero-order valence-corrected chi connectivity index (χ0v) is 12.9. The minimum absolute atomic E-state index is 0.0434. The van der Waals surface area contributed by atoms with Gasteiger partial charge >= 0.3 is 12.0 Å². The highest BCUT2D eigenvalue weighted by Crippen LogP contribution is 2.11. The fourth-order valence-electron chi connectivity index (χ4n) is 2.38. The maximum Gasteiger partial charge on any atom is 0.320 e. The minimum atomic E-state index is -0.840. The van der Waals surface area contributed by atoms with Crippen LogP contribution in [0.25, 0.3) is 0 Å². The Morgan fingerprint density at radius 3 is 2.24 bits per heavy atom. The number of rotatable bonds is 5. The molecule has 2 amide bonds. The fourth-order valence-corrected chi connectivity index (χ4v) is 2.38. The van der Waals surface area contributed by atoms with E-state index in [0.717, 1.165) is 0 Å². The molecule has 0 aliphatic carbocycles. The molecule has 0 aromatic heterocycles. The molecule has 1 atom stereocenters. The van der Waals surface area contributed by atoms with Crippen LogP contribution in [0.1, 0.15) is 27.2 Å². The second kappa shape index (κ2) is 7.84. The lowest BCUT2D eigenvalue weighted by Crippen LogP contribution is -2.56. The molecular weight excluding hydrogens is 272 g/mol. The van der Waals surface area contributed by atoms with E-state index in [2.05, 4.69) is 6.07 Å². The highest BCUT2D eigenvalue weighted by molar-refractivity contribution is 5.75. The van der Waals surface area contributed by atoms with E-state index in [1.54, 1.807) is 16.7 Å². The predicted octanol–water partition coefficient (Wildman–Crippen LogP) is 0.821. The number of hydrogen-bond acceptors (Lipinski definition) is 4. The van der Waals surface area contributed by atoms with E-state index in [9.17, 15) is 9.59 Å². The molecule has 0 bridgehead atoms. The van der Waals surface area contributed by atoms with Crippen molar-refractivity contribution in [3.8, 4) is 6.07 Å². The van der Waals surface area contributed by atoms with Gasteiger partial charge in [-0.3, -0.25) is 9.69 Å². The Kier molecular flexibility index (Phi) is 6.43. The third-order valence-corrected chi connectivity index (χ3v) is 3.82. The number of aliphatic carboxylic acids is 1. The van der Waals surface area contributed by atoms with Crippen LogP contribution in [-0.4, -0.2) is 76.6 Å². The van der Waals surface area contributed by atoms with Crippen LogP contribution < -0.4 is 0 Å². The molecule has 7 nitrogen and oxygen atoms in total. The SMILES string of the molecule is CC(C(=O)O)N1CCN(C(=O)N(CCC#N)C(C)C)CC1. The number of nitrogens with zero attached hydrogens (tertiary/aromatic N) is 4. The lowest BCUT2D eigenvalue weighted by atomic mass is 10.2. The molecule has 7 heteroatoms. The quantitative estimate of drug-likeness (QED) is 0.811. The summed E-state index contributed by atoms with van der Waals surface area (Å²) < 4.78 is 0. The van der Waals surface area contributed by atoms with Crippen LogP contribution in [0.2, 0.25) is 0 Å². The van der Waals surface area contributed by atoms with Crippen LogP contribution in [0.4, 0.5) is 4.79 Å². The number of nitriles is 1. The smallest absolute Gasteiger partial charge is 0.320 e. The van der Waals surface area contributed by atoms with Gasteiger partial charge in [-0.05, 0) is 20.8 Å². The summed E-state index contributed by atoms with van der Waals surface area (Å²) in [6.45, 7) is 8.10. The van der Waals surface area contributed by atoms with E-state index in [0.29, 0.717) is 39.1 Å². The Morgan fingerprint density at radius 2 is 1.81 bits per heavy atom. The highest BCUT2D eigenvalue weighted by Gasteiger charge is 2.29. The van der Waals surface area contributed by atoms with Crippen molar-refractivity contribution in [1.29, 1.82) is 5.26 Å². The topological polar surface area (TPSA) is 87.9 Å². The maximum atomic E-state index is 12.5. The summed E-state index contributed by atoms with van der Waals surface area (Å²) in [5.74, 6) is -0.840. The van der Waals surface area contributed by atoms with Crippen LogP contribution in [0.15, 0.2) is 0 Å². The molecule has 0 spiro atoms. The lowest BCUT2D eigenvalue weighted by molar-refractivity contribution is -0.143. The Bertz CT molecular complexity index is 411. The van der Waals surface area contributed by atoms with Crippen LogP contribution in [-0.2, 0) is 4.79 Å². The predicted molar refractivity (Wildman–Crippen MR) is 77.7 cm³/mol. The molecule has 21 heavy (non-hydrogen) atoms. The van der Waals surface area contributed by atoms with Gasteiger partial charge in [-0.2, -0.15) is 5.26 Å². The molecule has 0 aromatic rings. The number of carboxylic acid groups (broad SMARTS) is 1. The summed E-state index contributed by atoms with van der Waals surface area (Å²) in [5.41, 5.74) is 0. The van der Waals surface area contributed by atoms with E-state index < -0.39 is 12.0 Å². The fraction of sp³-hybridized carbons (Fsp3) is 0.786. The summed E-state index contributed by atoms with van der Waals surface area (Å²) >= 11 is 0. The first-order valence-corrected chi connectivity index (χ1v) is 7.27. The first-order chi connectivity index (χ1) is 9.88. The number of carbonyl (C=O) groups is 2.